The van der Waals surface area contributed by atoms with Gasteiger partial charge in [-0.25, -0.2) is 0 Å². The zero-order valence-corrected chi connectivity index (χ0v) is 16.2. The normalized spacial score (nSPS) is 16.8. The number of piperidine rings is 1. The molecule has 4 heteroatoms. The summed E-state index contributed by atoms with van der Waals surface area (Å²) in [5.74, 6) is -0.816. The van der Waals surface area contributed by atoms with E-state index in [1.807, 2.05) is 54.6 Å². The number of hydrogen-bond donors (Lipinski definition) is 1. The van der Waals surface area contributed by atoms with E-state index >= 15 is 0 Å². The highest BCUT2D eigenvalue weighted by Gasteiger charge is 2.44. The van der Waals surface area contributed by atoms with Crippen LogP contribution in [0.15, 0.2) is 54.6 Å². The molecule has 1 fully saturated rings. The average molecular weight is 365 g/mol. The van der Waals surface area contributed by atoms with E-state index in [4.69, 9.17) is 0 Å². The second kappa shape index (κ2) is 7.18. The van der Waals surface area contributed by atoms with Crippen LogP contribution in [0.5, 0.6) is 0 Å². The number of hydrogen-bond acceptors (Lipinski definition) is 2. The molecule has 1 N–H and O–H groups in total. The third-order valence-corrected chi connectivity index (χ3v) is 5.61. The summed E-state index contributed by atoms with van der Waals surface area (Å²) in [6, 6.07) is 17.1. The molecule has 0 radical (unpaired) electrons. The molecule has 1 heterocycles. The first-order chi connectivity index (χ1) is 12.8. The third kappa shape index (κ3) is 3.61. The molecule has 142 valence electrons. The minimum atomic E-state index is -0.915. The first kappa shape index (κ1) is 19.2. The summed E-state index contributed by atoms with van der Waals surface area (Å²) in [6.07, 6.45) is 0.853. The Morgan fingerprint density at radius 2 is 1.48 bits per heavy atom. The lowest BCUT2D eigenvalue weighted by Gasteiger charge is -2.39. The minimum absolute atomic E-state index is 0.00687. The highest BCUT2D eigenvalue weighted by atomic mass is 16.4. The lowest BCUT2D eigenvalue weighted by Crippen LogP contribution is -2.49. The van der Waals surface area contributed by atoms with Gasteiger partial charge in [0.2, 0.25) is 0 Å². The highest BCUT2D eigenvalue weighted by Crippen LogP contribution is 2.37. The maximum Gasteiger partial charge on any atom is 0.314 e. The standard InChI is InChI=1S/C23H27NO3/c1-22(2,3)19-12-8-7-11-18(19)20(25)24-15-13-23(14-16-24,21(26)27)17-9-5-4-6-10-17/h4-12H,13-16H2,1-3H3,(H,26,27). The van der Waals surface area contributed by atoms with Crippen molar-refractivity contribution in [3.8, 4) is 0 Å². The number of carbonyl (C=O) groups excluding carboxylic acids is 1. The van der Waals surface area contributed by atoms with Crippen LogP contribution in [-0.4, -0.2) is 35.0 Å². The Bertz CT molecular complexity index is 828. The van der Waals surface area contributed by atoms with Crippen molar-refractivity contribution in [1.82, 2.24) is 4.90 Å². The number of carbonyl (C=O) groups is 2. The second-order valence-electron chi connectivity index (χ2n) is 8.34. The molecule has 0 spiro atoms. The monoisotopic (exact) mass is 365 g/mol. The summed E-state index contributed by atoms with van der Waals surface area (Å²) >= 11 is 0. The van der Waals surface area contributed by atoms with Gasteiger partial charge >= 0.3 is 5.97 Å². The Morgan fingerprint density at radius 3 is 2.04 bits per heavy atom. The molecule has 0 aliphatic carbocycles. The van der Waals surface area contributed by atoms with Gasteiger partial charge in [0.15, 0.2) is 0 Å². The van der Waals surface area contributed by atoms with E-state index in [0.717, 1.165) is 11.1 Å². The van der Waals surface area contributed by atoms with Crippen LogP contribution in [0.2, 0.25) is 0 Å². The number of carboxylic acid groups (broad SMARTS) is 1. The van der Waals surface area contributed by atoms with Crippen LogP contribution >= 0.6 is 0 Å². The summed E-state index contributed by atoms with van der Waals surface area (Å²) in [4.78, 5) is 27.1. The van der Waals surface area contributed by atoms with Crippen LogP contribution < -0.4 is 0 Å². The summed E-state index contributed by atoms with van der Waals surface area (Å²) in [5, 5.41) is 9.93. The number of likely N-dealkylation sites (tertiary alicyclic amines) is 1. The third-order valence-electron chi connectivity index (χ3n) is 5.61. The van der Waals surface area contributed by atoms with Crippen molar-refractivity contribution in [2.45, 2.75) is 44.4 Å². The summed E-state index contributed by atoms with van der Waals surface area (Å²) in [6.45, 7) is 7.18. The maximum absolute atomic E-state index is 13.2. The van der Waals surface area contributed by atoms with Crippen LogP contribution in [0.1, 0.15) is 55.1 Å². The number of amides is 1. The molecule has 1 aliphatic rings. The fraction of sp³-hybridized carbons (Fsp3) is 0.391. The van der Waals surface area contributed by atoms with Crippen LogP contribution in [0.25, 0.3) is 0 Å². The van der Waals surface area contributed by atoms with Crippen molar-refractivity contribution in [3.63, 3.8) is 0 Å². The lowest BCUT2D eigenvalue weighted by atomic mass is 9.72. The van der Waals surface area contributed by atoms with Crippen molar-refractivity contribution in [2.24, 2.45) is 0 Å². The van der Waals surface area contributed by atoms with Gasteiger partial charge in [-0.1, -0.05) is 69.3 Å². The minimum Gasteiger partial charge on any atom is -0.481 e. The molecular weight excluding hydrogens is 338 g/mol. The molecule has 0 saturated carbocycles. The largest absolute Gasteiger partial charge is 0.481 e. The van der Waals surface area contributed by atoms with Gasteiger partial charge in [-0.3, -0.25) is 9.59 Å². The van der Waals surface area contributed by atoms with Gasteiger partial charge in [0.05, 0.1) is 5.41 Å². The second-order valence-corrected chi connectivity index (χ2v) is 8.34. The van der Waals surface area contributed by atoms with E-state index in [1.54, 1.807) is 4.90 Å². The predicted octanol–water partition coefficient (Wildman–Crippen LogP) is 4.24. The number of nitrogens with zero attached hydrogens (tertiary/aromatic N) is 1. The first-order valence-electron chi connectivity index (χ1n) is 9.43. The molecule has 0 unspecified atom stereocenters. The fourth-order valence-electron chi connectivity index (χ4n) is 3.97. The summed E-state index contributed by atoms with van der Waals surface area (Å²) in [7, 11) is 0. The van der Waals surface area contributed by atoms with Gasteiger partial charge in [0.25, 0.3) is 5.91 Å². The molecule has 0 atom stereocenters. The molecule has 2 aromatic rings. The average Bonchev–Trinajstić information content (AvgIpc) is 2.67. The molecular formula is C23H27NO3. The van der Waals surface area contributed by atoms with Gasteiger partial charge in [-0.05, 0) is 35.4 Å². The molecule has 1 amide bonds. The van der Waals surface area contributed by atoms with Crippen molar-refractivity contribution >= 4 is 11.9 Å². The Hall–Kier alpha value is -2.62. The predicted molar refractivity (Wildman–Crippen MR) is 106 cm³/mol. The van der Waals surface area contributed by atoms with Crippen LogP contribution in [0.4, 0.5) is 0 Å². The molecule has 0 aromatic heterocycles. The molecule has 3 rings (SSSR count). The van der Waals surface area contributed by atoms with E-state index in [1.165, 1.54) is 0 Å². The smallest absolute Gasteiger partial charge is 0.314 e. The van der Waals surface area contributed by atoms with Crippen LogP contribution in [0, 0.1) is 0 Å². The van der Waals surface area contributed by atoms with E-state index in [-0.39, 0.29) is 11.3 Å². The topological polar surface area (TPSA) is 57.6 Å². The van der Waals surface area contributed by atoms with Crippen molar-refractivity contribution in [2.75, 3.05) is 13.1 Å². The fourth-order valence-corrected chi connectivity index (χ4v) is 3.97. The van der Waals surface area contributed by atoms with Crippen LogP contribution in [0.3, 0.4) is 0 Å². The van der Waals surface area contributed by atoms with E-state index in [9.17, 15) is 14.7 Å². The van der Waals surface area contributed by atoms with Gasteiger partial charge in [0, 0.05) is 18.7 Å². The van der Waals surface area contributed by atoms with Crippen molar-refractivity contribution < 1.29 is 14.7 Å². The van der Waals surface area contributed by atoms with E-state index in [0.29, 0.717) is 31.5 Å². The molecule has 1 saturated heterocycles. The van der Waals surface area contributed by atoms with E-state index < -0.39 is 11.4 Å². The van der Waals surface area contributed by atoms with Crippen molar-refractivity contribution in [1.29, 1.82) is 0 Å². The van der Waals surface area contributed by atoms with Crippen molar-refractivity contribution in [3.05, 3.63) is 71.3 Å². The highest BCUT2D eigenvalue weighted by molar-refractivity contribution is 5.96. The number of rotatable bonds is 3. The molecule has 1 aliphatic heterocycles. The quantitative estimate of drug-likeness (QED) is 0.885. The maximum atomic E-state index is 13.2. The first-order valence-corrected chi connectivity index (χ1v) is 9.43. The molecule has 2 aromatic carbocycles. The van der Waals surface area contributed by atoms with Gasteiger partial charge in [0.1, 0.15) is 0 Å². The molecule has 4 nitrogen and oxygen atoms in total. The Kier molecular flexibility index (Phi) is 5.09. The van der Waals surface area contributed by atoms with Gasteiger partial charge < -0.3 is 10.0 Å². The van der Waals surface area contributed by atoms with Gasteiger partial charge in [-0.15, -0.1) is 0 Å². The number of benzene rings is 2. The lowest BCUT2D eigenvalue weighted by molar-refractivity contribution is -0.145. The van der Waals surface area contributed by atoms with Crippen LogP contribution in [-0.2, 0) is 15.6 Å². The zero-order chi connectivity index (χ0) is 19.7. The van der Waals surface area contributed by atoms with Gasteiger partial charge in [-0.2, -0.15) is 0 Å². The number of aliphatic carboxylic acids is 1. The molecule has 27 heavy (non-hydrogen) atoms. The SMILES string of the molecule is CC(C)(C)c1ccccc1C(=O)N1CCC(C(=O)O)(c2ccccc2)CC1. The Labute approximate surface area is 160 Å². The number of carboxylic acids is 1. The summed E-state index contributed by atoms with van der Waals surface area (Å²) in [5.41, 5.74) is 1.51. The Morgan fingerprint density at radius 1 is 0.926 bits per heavy atom. The molecule has 0 bridgehead atoms. The van der Waals surface area contributed by atoms with E-state index in [2.05, 4.69) is 20.8 Å². The Balaban J connectivity index is 1.84. The summed E-state index contributed by atoms with van der Waals surface area (Å²) < 4.78 is 0. The zero-order valence-electron chi connectivity index (χ0n) is 16.2.